The fraction of sp³-hybridized carbons (Fsp3) is 0.333. The average Bonchev–Trinajstić information content (AvgIpc) is 3.04. The van der Waals surface area contributed by atoms with Crippen LogP contribution in [0.15, 0.2) is 30.5 Å². The molecule has 0 spiro atoms. The number of para-hydroxylation sites is 1. The number of aromatic nitrogens is 3. The number of likely N-dealkylation sites (tertiary alicyclic amines) is 1. The van der Waals surface area contributed by atoms with E-state index in [1.165, 1.54) is 15.8 Å². The van der Waals surface area contributed by atoms with Crippen molar-refractivity contribution in [1.82, 2.24) is 19.9 Å². The van der Waals surface area contributed by atoms with E-state index >= 15 is 0 Å². The SMILES string of the molecule is O=C(O)[C@H]1CCCN(C(=O)c2cn(-c3ccccc3Cl)nn2)C1. The Bertz CT molecular complexity index is 746. The first-order valence-corrected chi connectivity index (χ1v) is 7.63. The van der Waals surface area contributed by atoms with E-state index < -0.39 is 11.9 Å². The second kappa shape index (κ2) is 6.37. The number of aliphatic carboxylic acids is 1. The van der Waals surface area contributed by atoms with Crippen LogP contribution >= 0.6 is 11.6 Å². The molecule has 120 valence electrons. The van der Waals surface area contributed by atoms with Gasteiger partial charge in [-0.1, -0.05) is 28.9 Å². The number of halogens is 1. The highest BCUT2D eigenvalue weighted by atomic mass is 35.5. The van der Waals surface area contributed by atoms with Gasteiger partial charge in [0.2, 0.25) is 0 Å². The summed E-state index contributed by atoms with van der Waals surface area (Å²) >= 11 is 6.10. The minimum absolute atomic E-state index is 0.177. The van der Waals surface area contributed by atoms with Gasteiger partial charge in [0.1, 0.15) is 0 Å². The molecule has 1 fully saturated rings. The summed E-state index contributed by atoms with van der Waals surface area (Å²) in [4.78, 5) is 25.1. The molecule has 0 bridgehead atoms. The van der Waals surface area contributed by atoms with Crippen LogP contribution in [0.3, 0.4) is 0 Å². The lowest BCUT2D eigenvalue weighted by atomic mass is 9.98. The molecule has 8 heteroatoms. The molecule has 1 amide bonds. The lowest BCUT2D eigenvalue weighted by molar-refractivity contribution is -0.143. The predicted molar refractivity (Wildman–Crippen MR) is 82.6 cm³/mol. The number of hydrogen-bond donors (Lipinski definition) is 1. The first-order chi connectivity index (χ1) is 11.1. The number of carbonyl (C=O) groups excluding carboxylic acids is 1. The van der Waals surface area contributed by atoms with Crippen molar-refractivity contribution in [2.24, 2.45) is 5.92 Å². The zero-order valence-corrected chi connectivity index (χ0v) is 13.0. The third-order valence-corrected chi connectivity index (χ3v) is 4.19. The molecule has 0 aliphatic carbocycles. The molecule has 7 nitrogen and oxygen atoms in total. The van der Waals surface area contributed by atoms with Gasteiger partial charge in [-0.15, -0.1) is 5.10 Å². The maximum Gasteiger partial charge on any atom is 0.308 e. The monoisotopic (exact) mass is 334 g/mol. The van der Waals surface area contributed by atoms with Gasteiger partial charge in [0.25, 0.3) is 5.91 Å². The van der Waals surface area contributed by atoms with Gasteiger partial charge in [-0.2, -0.15) is 0 Å². The summed E-state index contributed by atoms with van der Waals surface area (Å²) in [5.41, 5.74) is 0.804. The fourth-order valence-corrected chi connectivity index (χ4v) is 2.86. The van der Waals surface area contributed by atoms with Crippen molar-refractivity contribution in [3.63, 3.8) is 0 Å². The molecule has 1 saturated heterocycles. The van der Waals surface area contributed by atoms with Gasteiger partial charge in [0.15, 0.2) is 5.69 Å². The molecule has 1 aromatic heterocycles. The molecule has 1 aromatic carbocycles. The Morgan fingerprint density at radius 1 is 1.30 bits per heavy atom. The van der Waals surface area contributed by atoms with Crippen molar-refractivity contribution in [3.05, 3.63) is 41.2 Å². The lowest BCUT2D eigenvalue weighted by Crippen LogP contribution is -2.42. The highest BCUT2D eigenvalue weighted by molar-refractivity contribution is 6.32. The molecule has 2 heterocycles. The Labute approximate surface area is 137 Å². The van der Waals surface area contributed by atoms with Crippen LogP contribution in [0.5, 0.6) is 0 Å². The lowest BCUT2D eigenvalue weighted by Gasteiger charge is -2.29. The minimum atomic E-state index is -0.873. The predicted octanol–water partition coefficient (Wildman–Crippen LogP) is 1.86. The Morgan fingerprint density at radius 3 is 2.83 bits per heavy atom. The number of benzene rings is 1. The number of nitrogens with zero attached hydrogens (tertiary/aromatic N) is 4. The van der Waals surface area contributed by atoms with E-state index in [0.29, 0.717) is 30.1 Å². The number of hydrogen-bond acceptors (Lipinski definition) is 4. The van der Waals surface area contributed by atoms with Crippen LogP contribution in [-0.4, -0.2) is 50.0 Å². The largest absolute Gasteiger partial charge is 0.481 e. The molecule has 23 heavy (non-hydrogen) atoms. The second-order valence-electron chi connectivity index (χ2n) is 5.43. The molecular formula is C15H15ClN4O3. The Kier molecular flexibility index (Phi) is 4.29. The molecule has 3 rings (SSSR count). The summed E-state index contributed by atoms with van der Waals surface area (Å²) in [7, 11) is 0. The fourth-order valence-electron chi connectivity index (χ4n) is 2.64. The van der Waals surface area contributed by atoms with Crippen LogP contribution in [-0.2, 0) is 4.79 Å². The summed E-state index contributed by atoms with van der Waals surface area (Å²) < 4.78 is 1.44. The van der Waals surface area contributed by atoms with Crippen molar-refractivity contribution in [2.75, 3.05) is 13.1 Å². The Balaban J connectivity index is 1.79. The maximum absolute atomic E-state index is 12.5. The molecule has 0 unspecified atom stereocenters. The summed E-state index contributed by atoms with van der Waals surface area (Å²) in [5, 5.41) is 17.4. The normalized spacial score (nSPS) is 18.0. The summed E-state index contributed by atoms with van der Waals surface area (Å²) in [6.45, 7) is 0.731. The van der Waals surface area contributed by atoms with Gasteiger partial charge in [-0.3, -0.25) is 9.59 Å². The number of piperidine rings is 1. The van der Waals surface area contributed by atoms with Crippen molar-refractivity contribution in [1.29, 1.82) is 0 Å². The van der Waals surface area contributed by atoms with Gasteiger partial charge < -0.3 is 10.0 Å². The highest BCUT2D eigenvalue weighted by Gasteiger charge is 2.29. The van der Waals surface area contributed by atoms with Crippen LogP contribution < -0.4 is 0 Å². The Morgan fingerprint density at radius 2 is 2.09 bits per heavy atom. The van der Waals surface area contributed by atoms with E-state index in [1.54, 1.807) is 18.2 Å². The third kappa shape index (κ3) is 3.19. The summed E-state index contributed by atoms with van der Waals surface area (Å²) in [6.07, 6.45) is 2.76. The van der Waals surface area contributed by atoms with Crippen molar-refractivity contribution in [3.8, 4) is 5.69 Å². The molecule has 0 radical (unpaired) electrons. The first-order valence-electron chi connectivity index (χ1n) is 7.25. The van der Waals surface area contributed by atoms with Crippen LogP contribution in [0.25, 0.3) is 5.69 Å². The van der Waals surface area contributed by atoms with Gasteiger partial charge in [-0.05, 0) is 25.0 Å². The number of rotatable bonds is 3. The van der Waals surface area contributed by atoms with Crippen molar-refractivity contribution >= 4 is 23.5 Å². The molecular weight excluding hydrogens is 320 g/mol. The average molecular weight is 335 g/mol. The molecule has 1 aliphatic heterocycles. The third-order valence-electron chi connectivity index (χ3n) is 3.87. The minimum Gasteiger partial charge on any atom is -0.481 e. The van der Waals surface area contributed by atoms with E-state index in [9.17, 15) is 9.59 Å². The standard InChI is InChI=1S/C15H15ClN4O3/c16-11-5-1-2-6-13(11)20-9-12(17-18-20)14(21)19-7-3-4-10(8-19)15(22)23/h1-2,5-6,9-10H,3-4,7-8H2,(H,22,23)/t10-/m0/s1. The first kappa shape index (κ1) is 15.5. The number of carboxylic acid groups (broad SMARTS) is 1. The molecule has 1 N–H and O–H groups in total. The molecule has 0 saturated carbocycles. The summed E-state index contributed by atoms with van der Waals surface area (Å²) in [5.74, 6) is -1.71. The van der Waals surface area contributed by atoms with Gasteiger partial charge in [0, 0.05) is 13.1 Å². The highest BCUT2D eigenvalue weighted by Crippen LogP contribution is 2.21. The number of carboxylic acids is 1. The topological polar surface area (TPSA) is 88.3 Å². The Hall–Kier alpha value is -2.41. The summed E-state index contributed by atoms with van der Waals surface area (Å²) in [6, 6.07) is 7.11. The van der Waals surface area contributed by atoms with Crippen molar-refractivity contribution < 1.29 is 14.7 Å². The number of amides is 1. The van der Waals surface area contributed by atoms with Crippen LogP contribution in [0, 0.1) is 5.92 Å². The van der Waals surface area contributed by atoms with Gasteiger partial charge in [-0.25, -0.2) is 4.68 Å². The number of carbonyl (C=O) groups is 2. The van der Waals surface area contributed by atoms with E-state index in [4.69, 9.17) is 16.7 Å². The van der Waals surface area contributed by atoms with Crippen molar-refractivity contribution in [2.45, 2.75) is 12.8 Å². The van der Waals surface area contributed by atoms with Crippen LogP contribution in [0.2, 0.25) is 5.02 Å². The second-order valence-corrected chi connectivity index (χ2v) is 5.84. The van der Waals surface area contributed by atoms with Gasteiger partial charge in [0.05, 0.1) is 22.8 Å². The molecule has 1 atom stereocenters. The van der Waals surface area contributed by atoms with Crippen LogP contribution in [0.4, 0.5) is 0 Å². The molecule has 2 aromatic rings. The van der Waals surface area contributed by atoms with E-state index in [0.717, 1.165) is 0 Å². The van der Waals surface area contributed by atoms with E-state index in [2.05, 4.69) is 10.3 Å². The van der Waals surface area contributed by atoms with E-state index in [1.807, 2.05) is 6.07 Å². The zero-order chi connectivity index (χ0) is 16.4. The zero-order valence-electron chi connectivity index (χ0n) is 12.2. The van der Waals surface area contributed by atoms with Crippen LogP contribution in [0.1, 0.15) is 23.3 Å². The van der Waals surface area contributed by atoms with Gasteiger partial charge >= 0.3 is 5.97 Å². The maximum atomic E-state index is 12.5. The van der Waals surface area contributed by atoms with E-state index in [-0.39, 0.29) is 18.1 Å². The quantitative estimate of drug-likeness (QED) is 0.925. The smallest absolute Gasteiger partial charge is 0.308 e. The molecule has 1 aliphatic rings.